The number of fused-ring (bicyclic) bond motifs is 1. The molecule has 196 valence electrons. The molecule has 4 heterocycles. The van der Waals surface area contributed by atoms with Crippen molar-refractivity contribution in [3.8, 4) is 11.5 Å². The molecule has 2 amide bonds. The summed E-state index contributed by atoms with van der Waals surface area (Å²) in [5.41, 5.74) is 2.33. The average Bonchev–Trinajstić information content (AvgIpc) is 3.08. The Kier molecular flexibility index (Phi) is 5.60. The van der Waals surface area contributed by atoms with E-state index in [9.17, 15) is 9.59 Å². The van der Waals surface area contributed by atoms with Crippen LogP contribution in [0.3, 0.4) is 0 Å². The molecule has 1 atom stereocenters. The van der Waals surface area contributed by atoms with Crippen molar-refractivity contribution in [1.82, 2.24) is 10.3 Å². The van der Waals surface area contributed by atoms with E-state index in [0.717, 1.165) is 55.3 Å². The molecule has 1 N–H and O–H groups in total. The van der Waals surface area contributed by atoms with Crippen molar-refractivity contribution in [1.29, 1.82) is 0 Å². The number of aromatic nitrogens is 1. The summed E-state index contributed by atoms with van der Waals surface area (Å²) in [6.07, 6.45) is 4.19. The van der Waals surface area contributed by atoms with E-state index in [1.54, 1.807) is 18.2 Å². The Morgan fingerprint density at radius 3 is 2.71 bits per heavy atom. The van der Waals surface area contributed by atoms with Crippen LogP contribution in [-0.4, -0.2) is 56.1 Å². The van der Waals surface area contributed by atoms with Crippen molar-refractivity contribution < 1.29 is 23.2 Å². The topological polar surface area (TPSA) is 84.0 Å². The SMILES string of the molecule is [2H]C([2H])([2H])N1C(=O)[C@H](NC(=O)c2cc(Oc3ccccc3)ccn2)CCc2ccc(N3CC4(CCOCC4)C3)cc21. The van der Waals surface area contributed by atoms with Crippen LogP contribution in [0, 0.1) is 5.41 Å². The summed E-state index contributed by atoms with van der Waals surface area (Å²) in [5, 5.41) is 2.73. The van der Waals surface area contributed by atoms with Crippen molar-refractivity contribution in [2.45, 2.75) is 31.7 Å². The van der Waals surface area contributed by atoms with Gasteiger partial charge in [0.15, 0.2) is 0 Å². The number of carbonyl (C=O) groups excluding carboxylic acids is 2. The van der Waals surface area contributed by atoms with E-state index in [1.807, 2.05) is 36.4 Å². The second-order valence-electron chi connectivity index (χ2n) is 10.3. The number of hydrogen-bond acceptors (Lipinski definition) is 6. The molecule has 6 rings (SSSR count). The predicted molar refractivity (Wildman–Crippen MR) is 145 cm³/mol. The number of benzene rings is 2. The van der Waals surface area contributed by atoms with Crippen LogP contribution in [0.2, 0.25) is 0 Å². The van der Waals surface area contributed by atoms with Gasteiger partial charge in [-0.2, -0.15) is 0 Å². The van der Waals surface area contributed by atoms with Gasteiger partial charge in [0.25, 0.3) is 5.91 Å². The molecule has 0 saturated carbocycles. The molecule has 2 saturated heterocycles. The fraction of sp³-hybridized carbons (Fsp3) is 0.367. The van der Waals surface area contributed by atoms with E-state index >= 15 is 0 Å². The summed E-state index contributed by atoms with van der Waals surface area (Å²) in [4.78, 5) is 34.1. The van der Waals surface area contributed by atoms with Crippen LogP contribution < -0.4 is 19.9 Å². The van der Waals surface area contributed by atoms with Crippen LogP contribution in [0.4, 0.5) is 11.4 Å². The van der Waals surface area contributed by atoms with Gasteiger partial charge in [0.1, 0.15) is 23.2 Å². The van der Waals surface area contributed by atoms with Crippen molar-refractivity contribution >= 4 is 23.2 Å². The number of amides is 2. The molecule has 0 aliphatic carbocycles. The number of para-hydroxylation sites is 1. The Labute approximate surface area is 226 Å². The highest BCUT2D eigenvalue weighted by molar-refractivity contribution is 6.02. The summed E-state index contributed by atoms with van der Waals surface area (Å²) in [5.74, 6) is -0.228. The highest BCUT2D eigenvalue weighted by Gasteiger charge is 2.44. The van der Waals surface area contributed by atoms with Gasteiger partial charge < -0.3 is 24.6 Å². The lowest BCUT2D eigenvalue weighted by Gasteiger charge is -2.53. The van der Waals surface area contributed by atoms with Crippen molar-refractivity contribution in [3.63, 3.8) is 0 Å². The van der Waals surface area contributed by atoms with Crippen LogP contribution in [0.25, 0.3) is 0 Å². The van der Waals surface area contributed by atoms with Crippen molar-refractivity contribution in [2.75, 3.05) is 43.1 Å². The van der Waals surface area contributed by atoms with Gasteiger partial charge in [0.2, 0.25) is 5.91 Å². The standard InChI is InChI=1S/C30H32N4O4/c1-33-27-17-22(34-19-30(20-34)12-15-37-16-13-30)9-7-21(27)8-10-25(29(33)36)32-28(35)26-18-24(11-14-31-26)38-23-5-3-2-4-6-23/h2-7,9,11,14,17-18,25H,8,10,12-13,15-16,19-20H2,1H3,(H,32,35)/t25-/m1/s1/i1D3. The van der Waals surface area contributed by atoms with Gasteiger partial charge in [-0.15, -0.1) is 0 Å². The first-order chi connectivity index (χ1) is 19.7. The number of aryl methyl sites for hydroxylation is 1. The first-order valence-corrected chi connectivity index (χ1v) is 13.0. The number of nitrogens with one attached hydrogen (secondary N) is 1. The van der Waals surface area contributed by atoms with Gasteiger partial charge in [-0.3, -0.25) is 14.6 Å². The molecule has 8 nitrogen and oxygen atoms in total. The molecule has 0 radical (unpaired) electrons. The fourth-order valence-corrected chi connectivity index (χ4v) is 5.52. The van der Waals surface area contributed by atoms with Crippen molar-refractivity contribution in [3.05, 3.63) is 78.1 Å². The third kappa shape index (κ3) is 4.84. The number of pyridine rings is 1. The zero-order valence-corrected chi connectivity index (χ0v) is 21.1. The van der Waals surface area contributed by atoms with Gasteiger partial charge in [0.05, 0.1) is 0 Å². The molecule has 0 unspecified atom stereocenters. The molecule has 3 aromatic rings. The number of ether oxygens (including phenoxy) is 2. The number of hydrogen-bond donors (Lipinski definition) is 1. The summed E-state index contributed by atoms with van der Waals surface area (Å²) in [7, 11) is 0. The van der Waals surface area contributed by atoms with Crippen LogP contribution in [-0.2, 0) is 16.0 Å². The number of nitrogens with zero attached hydrogens (tertiary/aromatic N) is 3. The smallest absolute Gasteiger partial charge is 0.270 e. The minimum absolute atomic E-state index is 0.0653. The third-order valence-electron chi connectivity index (χ3n) is 7.75. The van der Waals surface area contributed by atoms with Crippen LogP contribution in [0.15, 0.2) is 66.9 Å². The second-order valence-corrected chi connectivity index (χ2v) is 10.3. The molecular formula is C30H32N4O4. The van der Waals surface area contributed by atoms with E-state index in [1.165, 1.54) is 12.3 Å². The van der Waals surface area contributed by atoms with E-state index in [-0.39, 0.29) is 17.5 Å². The first kappa shape index (κ1) is 21.1. The van der Waals surface area contributed by atoms with Gasteiger partial charge in [-0.05, 0) is 61.6 Å². The normalized spacial score (nSPS) is 21.8. The molecule has 8 heteroatoms. The summed E-state index contributed by atoms with van der Waals surface area (Å²) < 4.78 is 36.0. The van der Waals surface area contributed by atoms with Gasteiger partial charge in [0, 0.05) is 66.4 Å². The average molecular weight is 516 g/mol. The van der Waals surface area contributed by atoms with Gasteiger partial charge in [-0.1, -0.05) is 24.3 Å². The zero-order valence-electron chi connectivity index (χ0n) is 24.1. The largest absolute Gasteiger partial charge is 0.457 e. The second kappa shape index (κ2) is 10.1. The van der Waals surface area contributed by atoms with Gasteiger partial charge in [-0.25, -0.2) is 0 Å². The maximum absolute atomic E-state index is 13.7. The fourth-order valence-electron chi connectivity index (χ4n) is 5.52. The van der Waals surface area contributed by atoms with Crippen LogP contribution >= 0.6 is 0 Å². The minimum Gasteiger partial charge on any atom is -0.457 e. The Hall–Kier alpha value is -3.91. The van der Waals surface area contributed by atoms with Crippen LogP contribution in [0.5, 0.6) is 11.5 Å². The maximum Gasteiger partial charge on any atom is 0.270 e. The van der Waals surface area contributed by atoms with E-state index in [4.69, 9.17) is 13.6 Å². The first-order valence-electron chi connectivity index (χ1n) is 14.5. The Bertz CT molecular complexity index is 1440. The minimum atomic E-state index is -2.73. The van der Waals surface area contributed by atoms with E-state index in [0.29, 0.717) is 23.6 Å². The Balaban J connectivity index is 1.20. The molecule has 2 fully saturated rings. The van der Waals surface area contributed by atoms with Gasteiger partial charge >= 0.3 is 0 Å². The summed E-state index contributed by atoms with van der Waals surface area (Å²) >= 11 is 0. The third-order valence-corrected chi connectivity index (χ3v) is 7.75. The molecular weight excluding hydrogens is 480 g/mol. The number of carbonyl (C=O) groups is 2. The Morgan fingerprint density at radius 2 is 1.92 bits per heavy atom. The number of likely N-dealkylation sites (N-methyl/N-ethyl adjacent to an activating group) is 1. The summed E-state index contributed by atoms with van der Waals surface area (Å²) in [6.45, 7) is 0.584. The molecule has 38 heavy (non-hydrogen) atoms. The van der Waals surface area contributed by atoms with E-state index in [2.05, 4.69) is 15.2 Å². The quantitative estimate of drug-likeness (QED) is 0.549. The highest BCUT2D eigenvalue weighted by Crippen LogP contribution is 2.43. The Morgan fingerprint density at radius 1 is 1.11 bits per heavy atom. The van der Waals surface area contributed by atoms with Crippen molar-refractivity contribution in [2.24, 2.45) is 5.41 Å². The highest BCUT2D eigenvalue weighted by atomic mass is 16.5. The zero-order chi connectivity index (χ0) is 28.6. The predicted octanol–water partition coefficient (Wildman–Crippen LogP) is 4.20. The van der Waals surface area contributed by atoms with Crippen LogP contribution in [0.1, 0.15) is 39.4 Å². The lowest BCUT2D eigenvalue weighted by molar-refractivity contribution is -0.120. The molecule has 2 aromatic carbocycles. The molecule has 1 aromatic heterocycles. The summed E-state index contributed by atoms with van der Waals surface area (Å²) in [6, 6.07) is 16.9. The maximum atomic E-state index is 13.7. The molecule has 1 spiro atoms. The number of rotatable bonds is 5. The molecule has 3 aliphatic rings. The monoisotopic (exact) mass is 515 g/mol. The van der Waals surface area contributed by atoms with E-state index < -0.39 is 24.8 Å². The lowest BCUT2D eigenvalue weighted by Crippen LogP contribution is -2.58. The molecule has 3 aliphatic heterocycles. The number of anilines is 2. The lowest BCUT2D eigenvalue weighted by atomic mass is 9.73. The molecule has 0 bridgehead atoms.